The van der Waals surface area contributed by atoms with Gasteiger partial charge in [0.2, 0.25) is 22.2 Å². The van der Waals surface area contributed by atoms with Crippen LogP contribution in [0.15, 0.2) is 35.2 Å². The Morgan fingerprint density at radius 3 is 2.55 bits per heavy atom. The standard InChI is InChI=1S/C14H15N3O4S/c18-14(17-22(19,20)8-10-2-1-3-10)12-6-4-11(5-7-12)13-15-9-21-16-13/h4-7,9-10H,1-3,8H2,(H,17,18). The number of aromatic nitrogens is 2. The predicted octanol–water partition coefficient (Wildman–Crippen LogP) is 1.60. The highest BCUT2D eigenvalue weighted by molar-refractivity contribution is 7.90. The summed E-state index contributed by atoms with van der Waals surface area (Å²) in [6.07, 6.45) is 4.09. The Hall–Kier alpha value is -2.22. The molecule has 1 fully saturated rings. The maximum Gasteiger partial charge on any atom is 0.264 e. The molecular weight excluding hydrogens is 306 g/mol. The molecule has 7 nitrogen and oxygen atoms in total. The zero-order valence-corrected chi connectivity index (χ0v) is 12.5. The minimum Gasteiger partial charge on any atom is -0.342 e. The van der Waals surface area contributed by atoms with Crippen molar-refractivity contribution in [2.75, 3.05) is 5.75 Å². The summed E-state index contributed by atoms with van der Waals surface area (Å²) in [5, 5.41) is 3.69. The predicted molar refractivity (Wildman–Crippen MR) is 78.3 cm³/mol. The van der Waals surface area contributed by atoms with Crippen LogP contribution in [-0.4, -0.2) is 30.2 Å². The molecule has 2 aromatic rings. The van der Waals surface area contributed by atoms with E-state index in [2.05, 4.69) is 19.4 Å². The fourth-order valence-electron chi connectivity index (χ4n) is 2.28. The third-order valence-corrected chi connectivity index (χ3v) is 5.10. The number of hydrogen-bond donors (Lipinski definition) is 1. The molecule has 0 bridgehead atoms. The van der Waals surface area contributed by atoms with Crippen molar-refractivity contribution in [2.45, 2.75) is 19.3 Å². The molecule has 1 aromatic heterocycles. The highest BCUT2D eigenvalue weighted by atomic mass is 32.2. The number of carbonyl (C=O) groups is 1. The number of rotatable bonds is 5. The van der Waals surface area contributed by atoms with Gasteiger partial charge < -0.3 is 4.52 Å². The molecule has 0 saturated heterocycles. The van der Waals surface area contributed by atoms with E-state index in [1.165, 1.54) is 18.5 Å². The molecule has 1 heterocycles. The van der Waals surface area contributed by atoms with Crippen LogP contribution in [0.4, 0.5) is 0 Å². The maximum atomic E-state index is 12.0. The minimum atomic E-state index is -3.58. The van der Waals surface area contributed by atoms with Crippen LogP contribution < -0.4 is 4.72 Å². The van der Waals surface area contributed by atoms with E-state index in [0.29, 0.717) is 11.4 Å². The summed E-state index contributed by atoms with van der Waals surface area (Å²) in [6, 6.07) is 6.33. The van der Waals surface area contributed by atoms with E-state index < -0.39 is 15.9 Å². The highest BCUT2D eigenvalue weighted by Gasteiger charge is 2.26. The van der Waals surface area contributed by atoms with Crippen molar-refractivity contribution in [3.63, 3.8) is 0 Å². The van der Waals surface area contributed by atoms with Gasteiger partial charge in [-0.15, -0.1) is 0 Å². The molecule has 0 aliphatic heterocycles. The van der Waals surface area contributed by atoms with Crippen molar-refractivity contribution in [2.24, 2.45) is 5.92 Å². The Balaban J connectivity index is 1.67. The van der Waals surface area contributed by atoms with Crippen LogP contribution in [0, 0.1) is 5.92 Å². The third kappa shape index (κ3) is 3.33. The van der Waals surface area contributed by atoms with Crippen molar-refractivity contribution in [1.82, 2.24) is 14.9 Å². The first-order valence-electron chi connectivity index (χ1n) is 6.95. The third-order valence-electron chi connectivity index (χ3n) is 3.69. The molecule has 0 unspecified atom stereocenters. The van der Waals surface area contributed by atoms with Gasteiger partial charge in [-0.2, -0.15) is 4.98 Å². The van der Waals surface area contributed by atoms with Gasteiger partial charge in [0.25, 0.3) is 5.91 Å². The second kappa shape index (κ2) is 5.88. The first-order valence-corrected chi connectivity index (χ1v) is 8.60. The second-order valence-electron chi connectivity index (χ2n) is 5.34. The molecule has 1 N–H and O–H groups in total. The van der Waals surface area contributed by atoms with Gasteiger partial charge in [-0.25, -0.2) is 13.1 Å². The fraction of sp³-hybridized carbons (Fsp3) is 0.357. The summed E-state index contributed by atoms with van der Waals surface area (Å²) < 4.78 is 30.6. The van der Waals surface area contributed by atoms with Crippen LogP contribution in [-0.2, 0) is 10.0 Å². The van der Waals surface area contributed by atoms with Crippen molar-refractivity contribution >= 4 is 15.9 Å². The molecule has 8 heteroatoms. The molecular formula is C14H15N3O4S. The minimum absolute atomic E-state index is 0.0136. The van der Waals surface area contributed by atoms with Crippen LogP contribution >= 0.6 is 0 Å². The topological polar surface area (TPSA) is 102 Å². The molecule has 116 valence electrons. The zero-order chi connectivity index (χ0) is 15.6. The molecule has 1 amide bonds. The molecule has 3 rings (SSSR count). The number of benzene rings is 1. The van der Waals surface area contributed by atoms with Crippen molar-refractivity contribution in [3.05, 3.63) is 36.2 Å². The van der Waals surface area contributed by atoms with Crippen LogP contribution in [0.25, 0.3) is 11.4 Å². The molecule has 0 spiro atoms. The SMILES string of the molecule is O=C(NS(=O)(=O)CC1CCC1)c1ccc(-c2ncon2)cc1. The number of hydrogen-bond acceptors (Lipinski definition) is 6. The lowest BCUT2D eigenvalue weighted by molar-refractivity contribution is 0.0981. The van der Waals surface area contributed by atoms with Gasteiger partial charge in [0, 0.05) is 11.1 Å². The molecule has 0 radical (unpaired) electrons. The summed E-state index contributed by atoms with van der Waals surface area (Å²) in [4.78, 5) is 15.9. The molecule has 0 atom stereocenters. The van der Waals surface area contributed by atoms with Crippen molar-refractivity contribution in [3.8, 4) is 11.4 Å². The number of carbonyl (C=O) groups excluding carboxylic acids is 1. The number of nitrogens with one attached hydrogen (secondary N) is 1. The Kier molecular flexibility index (Phi) is 3.93. The van der Waals surface area contributed by atoms with E-state index in [0.717, 1.165) is 19.3 Å². The van der Waals surface area contributed by atoms with E-state index >= 15 is 0 Å². The van der Waals surface area contributed by atoms with Crippen LogP contribution in [0.2, 0.25) is 0 Å². The van der Waals surface area contributed by atoms with Crippen LogP contribution in [0.5, 0.6) is 0 Å². The number of sulfonamides is 1. The average molecular weight is 321 g/mol. The second-order valence-corrected chi connectivity index (χ2v) is 7.11. The van der Waals surface area contributed by atoms with Gasteiger partial charge in [-0.05, 0) is 30.9 Å². The largest absolute Gasteiger partial charge is 0.342 e. The summed E-state index contributed by atoms with van der Waals surface area (Å²) in [7, 11) is -3.58. The molecule has 1 saturated carbocycles. The Bertz CT molecular complexity index is 750. The lowest BCUT2D eigenvalue weighted by Gasteiger charge is -2.24. The van der Waals surface area contributed by atoms with E-state index in [9.17, 15) is 13.2 Å². The van der Waals surface area contributed by atoms with E-state index in [-0.39, 0.29) is 17.2 Å². The summed E-state index contributed by atoms with van der Waals surface area (Å²) in [6.45, 7) is 0. The van der Waals surface area contributed by atoms with E-state index in [4.69, 9.17) is 0 Å². The monoisotopic (exact) mass is 321 g/mol. The summed E-state index contributed by atoms with van der Waals surface area (Å²) in [5.41, 5.74) is 0.951. The van der Waals surface area contributed by atoms with Gasteiger partial charge in [0.15, 0.2) is 0 Å². The van der Waals surface area contributed by atoms with Gasteiger partial charge in [0.1, 0.15) is 0 Å². The van der Waals surface area contributed by atoms with Gasteiger partial charge >= 0.3 is 0 Å². The Morgan fingerprint density at radius 1 is 1.27 bits per heavy atom. The van der Waals surface area contributed by atoms with Crippen LogP contribution in [0.3, 0.4) is 0 Å². The van der Waals surface area contributed by atoms with Crippen molar-refractivity contribution in [1.29, 1.82) is 0 Å². The Labute approximate surface area is 127 Å². The number of amides is 1. The molecule has 22 heavy (non-hydrogen) atoms. The lowest BCUT2D eigenvalue weighted by Crippen LogP contribution is -2.36. The molecule has 1 aromatic carbocycles. The first-order chi connectivity index (χ1) is 10.5. The van der Waals surface area contributed by atoms with Gasteiger partial charge in [0.05, 0.1) is 5.75 Å². The lowest BCUT2D eigenvalue weighted by atomic mass is 9.87. The van der Waals surface area contributed by atoms with Crippen LogP contribution in [0.1, 0.15) is 29.6 Å². The zero-order valence-electron chi connectivity index (χ0n) is 11.7. The Morgan fingerprint density at radius 2 is 2.00 bits per heavy atom. The smallest absolute Gasteiger partial charge is 0.264 e. The molecule has 1 aliphatic rings. The summed E-state index contributed by atoms with van der Waals surface area (Å²) in [5.74, 6) is -0.0332. The maximum absolute atomic E-state index is 12.0. The van der Waals surface area contributed by atoms with Crippen molar-refractivity contribution < 1.29 is 17.7 Å². The average Bonchev–Trinajstić information content (AvgIpc) is 2.97. The fourth-order valence-corrected chi connectivity index (χ4v) is 3.72. The molecule has 1 aliphatic carbocycles. The number of nitrogens with zero attached hydrogens (tertiary/aromatic N) is 2. The highest BCUT2D eigenvalue weighted by Crippen LogP contribution is 2.27. The first kappa shape index (κ1) is 14.7. The van der Waals surface area contributed by atoms with Gasteiger partial charge in [-0.1, -0.05) is 23.7 Å². The summed E-state index contributed by atoms with van der Waals surface area (Å²) >= 11 is 0. The van der Waals surface area contributed by atoms with E-state index in [1.54, 1.807) is 12.1 Å². The normalized spacial score (nSPS) is 15.3. The quantitative estimate of drug-likeness (QED) is 0.897. The van der Waals surface area contributed by atoms with E-state index in [1.807, 2.05) is 0 Å². The van der Waals surface area contributed by atoms with Gasteiger partial charge in [-0.3, -0.25) is 4.79 Å².